The fraction of sp³-hybridized carbons (Fsp3) is 0.400. The van der Waals surface area contributed by atoms with Crippen LogP contribution < -0.4 is 10.6 Å². The van der Waals surface area contributed by atoms with Crippen LogP contribution in [0.5, 0.6) is 0 Å². The Hall–Kier alpha value is -3.04. The van der Waals surface area contributed by atoms with Crippen molar-refractivity contribution in [2.75, 3.05) is 24.7 Å². The van der Waals surface area contributed by atoms with E-state index in [0.29, 0.717) is 12.2 Å². The number of rotatable bonds is 9. The molecule has 2 aliphatic rings. The Labute approximate surface area is 202 Å². The van der Waals surface area contributed by atoms with Crippen molar-refractivity contribution in [3.05, 3.63) is 59.7 Å². The summed E-state index contributed by atoms with van der Waals surface area (Å²) in [4.78, 5) is 36.3. The average Bonchev–Trinajstić information content (AvgIpc) is 3.40. The molecule has 4 rings (SSSR count). The van der Waals surface area contributed by atoms with Gasteiger partial charge in [0.25, 0.3) is 0 Å². The summed E-state index contributed by atoms with van der Waals surface area (Å²) in [6.07, 6.45) is -0.597. The number of nitrogens with one attached hydrogen (secondary N) is 2. The molecular formula is C25H28N2O6S. The average molecular weight is 485 g/mol. The van der Waals surface area contributed by atoms with Crippen LogP contribution in [0.1, 0.15) is 36.3 Å². The van der Waals surface area contributed by atoms with Crippen molar-refractivity contribution in [3.63, 3.8) is 0 Å². The van der Waals surface area contributed by atoms with Crippen LogP contribution in [0.3, 0.4) is 0 Å². The van der Waals surface area contributed by atoms with Gasteiger partial charge in [-0.2, -0.15) is 11.8 Å². The molecule has 4 N–H and O–H groups in total. The Kier molecular flexibility index (Phi) is 7.43. The van der Waals surface area contributed by atoms with Crippen LogP contribution in [-0.4, -0.2) is 64.5 Å². The molecule has 0 saturated carbocycles. The second-order valence-corrected chi connectivity index (χ2v) is 9.80. The summed E-state index contributed by atoms with van der Waals surface area (Å²) in [6, 6.07) is 14.9. The number of hydrogen-bond acceptors (Lipinski definition) is 6. The molecule has 0 radical (unpaired) electrons. The Bertz CT molecular complexity index is 1020. The van der Waals surface area contributed by atoms with Crippen LogP contribution in [0.2, 0.25) is 0 Å². The minimum atomic E-state index is -1.08. The molecule has 1 fully saturated rings. The lowest BCUT2D eigenvalue weighted by atomic mass is 9.98. The molecule has 1 aliphatic heterocycles. The van der Waals surface area contributed by atoms with E-state index < -0.39 is 29.6 Å². The quantitative estimate of drug-likeness (QED) is 0.431. The second-order valence-electron chi connectivity index (χ2n) is 8.70. The number of fused-ring (bicyclic) bond motifs is 3. The molecule has 2 aromatic carbocycles. The highest BCUT2D eigenvalue weighted by molar-refractivity contribution is 7.99. The number of benzene rings is 2. The van der Waals surface area contributed by atoms with Gasteiger partial charge in [0.15, 0.2) is 0 Å². The summed E-state index contributed by atoms with van der Waals surface area (Å²) in [6.45, 7) is 0.138. The molecule has 1 aliphatic carbocycles. The predicted octanol–water partition coefficient (Wildman–Crippen LogP) is 2.74. The molecule has 0 aromatic heterocycles. The fourth-order valence-electron chi connectivity index (χ4n) is 4.43. The van der Waals surface area contributed by atoms with Crippen molar-refractivity contribution in [1.29, 1.82) is 0 Å². The standard InChI is InChI=1S/C25H28N2O6S/c28-22(29)10-9-21(23(30)26-14-25(32)11-12-34-15-25)27-24(31)33-13-20-18-7-3-1-5-16(18)17-6-2-4-8-19(17)20/h1-8,20-21,32H,9-15H2,(H,26,30)(H,27,31)(H,28,29). The van der Waals surface area contributed by atoms with Crippen LogP contribution in [0.15, 0.2) is 48.5 Å². The lowest BCUT2D eigenvalue weighted by molar-refractivity contribution is -0.137. The van der Waals surface area contributed by atoms with Crippen molar-refractivity contribution in [2.24, 2.45) is 0 Å². The van der Waals surface area contributed by atoms with Gasteiger partial charge >= 0.3 is 12.1 Å². The number of carboxylic acids is 1. The fourth-order valence-corrected chi connectivity index (χ4v) is 5.72. The molecule has 2 aromatic rings. The van der Waals surface area contributed by atoms with E-state index in [2.05, 4.69) is 10.6 Å². The number of aliphatic hydroxyl groups is 1. The van der Waals surface area contributed by atoms with Gasteiger partial charge in [-0.1, -0.05) is 48.5 Å². The molecule has 2 atom stereocenters. The molecule has 1 saturated heterocycles. The minimum absolute atomic E-state index is 0.0504. The first kappa shape index (κ1) is 24.1. The summed E-state index contributed by atoms with van der Waals surface area (Å²) >= 11 is 1.61. The molecule has 0 bridgehead atoms. The van der Waals surface area contributed by atoms with E-state index in [9.17, 15) is 19.5 Å². The van der Waals surface area contributed by atoms with Crippen molar-refractivity contribution < 1.29 is 29.3 Å². The largest absolute Gasteiger partial charge is 0.481 e. The monoisotopic (exact) mass is 484 g/mol. The van der Waals surface area contributed by atoms with Crippen LogP contribution in [0.25, 0.3) is 11.1 Å². The molecule has 2 amide bonds. The molecule has 34 heavy (non-hydrogen) atoms. The highest BCUT2D eigenvalue weighted by Gasteiger charge is 2.34. The molecule has 1 heterocycles. The van der Waals surface area contributed by atoms with E-state index in [1.54, 1.807) is 11.8 Å². The van der Waals surface area contributed by atoms with E-state index in [4.69, 9.17) is 9.84 Å². The third-order valence-electron chi connectivity index (χ3n) is 6.27. The van der Waals surface area contributed by atoms with Gasteiger partial charge in [-0.05, 0) is 40.8 Å². The van der Waals surface area contributed by atoms with E-state index in [0.717, 1.165) is 28.0 Å². The second kappa shape index (κ2) is 10.5. The smallest absolute Gasteiger partial charge is 0.407 e. The Morgan fingerprint density at radius 2 is 1.74 bits per heavy atom. The van der Waals surface area contributed by atoms with E-state index >= 15 is 0 Å². The third kappa shape index (κ3) is 5.53. The molecule has 9 heteroatoms. The summed E-state index contributed by atoms with van der Waals surface area (Å²) in [7, 11) is 0. The number of alkyl carbamates (subject to hydrolysis) is 1. The van der Waals surface area contributed by atoms with Gasteiger partial charge in [0.2, 0.25) is 5.91 Å². The first-order valence-electron chi connectivity index (χ1n) is 11.3. The number of carbonyl (C=O) groups excluding carboxylic acids is 2. The summed E-state index contributed by atoms with van der Waals surface area (Å²) in [5.41, 5.74) is 3.36. The van der Waals surface area contributed by atoms with Gasteiger partial charge in [0, 0.05) is 24.6 Å². The maximum atomic E-state index is 12.7. The van der Waals surface area contributed by atoms with Crippen LogP contribution in [-0.2, 0) is 14.3 Å². The zero-order valence-electron chi connectivity index (χ0n) is 18.7. The molecule has 2 unspecified atom stereocenters. The number of ether oxygens (including phenoxy) is 1. The summed E-state index contributed by atoms with van der Waals surface area (Å²) < 4.78 is 5.49. The SMILES string of the molecule is O=C(O)CCC(NC(=O)OCC1c2ccccc2-c2ccccc21)C(=O)NCC1(O)CCSC1. The van der Waals surface area contributed by atoms with Gasteiger partial charge < -0.3 is 25.6 Å². The number of carbonyl (C=O) groups is 3. The molecule has 180 valence electrons. The lowest BCUT2D eigenvalue weighted by Crippen LogP contribution is -2.51. The van der Waals surface area contributed by atoms with Crippen molar-refractivity contribution >= 4 is 29.7 Å². The van der Waals surface area contributed by atoms with Gasteiger partial charge in [-0.25, -0.2) is 4.79 Å². The van der Waals surface area contributed by atoms with Gasteiger partial charge in [0.1, 0.15) is 12.6 Å². The highest BCUT2D eigenvalue weighted by atomic mass is 32.2. The number of aliphatic carboxylic acids is 1. The summed E-state index contributed by atoms with van der Waals surface area (Å²) in [5, 5.41) is 24.6. The van der Waals surface area contributed by atoms with Crippen molar-refractivity contribution in [1.82, 2.24) is 10.6 Å². The zero-order chi connectivity index (χ0) is 24.1. The van der Waals surface area contributed by atoms with Gasteiger partial charge in [-0.3, -0.25) is 9.59 Å². The van der Waals surface area contributed by atoms with E-state index in [1.165, 1.54) is 0 Å². The van der Waals surface area contributed by atoms with Crippen molar-refractivity contribution in [3.8, 4) is 11.1 Å². The third-order valence-corrected chi connectivity index (χ3v) is 7.51. The van der Waals surface area contributed by atoms with E-state index in [1.807, 2.05) is 48.5 Å². The lowest BCUT2D eigenvalue weighted by Gasteiger charge is -2.24. The number of thioether (sulfide) groups is 1. The number of amides is 2. The maximum absolute atomic E-state index is 12.7. The predicted molar refractivity (Wildman–Crippen MR) is 129 cm³/mol. The Balaban J connectivity index is 1.38. The number of hydrogen-bond donors (Lipinski definition) is 4. The first-order valence-corrected chi connectivity index (χ1v) is 12.4. The Morgan fingerprint density at radius 1 is 1.09 bits per heavy atom. The van der Waals surface area contributed by atoms with E-state index in [-0.39, 0.29) is 31.9 Å². The zero-order valence-corrected chi connectivity index (χ0v) is 19.5. The van der Waals surface area contributed by atoms with Crippen LogP contribution in [0.4, 0.5) is 4.79 Å². The van der Waals surface area contributed by atoms with Gasteiger partial charge in [0.05, 0.1) is 5.60 Å². The molecule has 0 spiro atoms. The first-order chi connectivity index (χ1) is 16.4. The molecule has 8 nitrogen and oxygen atoms in total. The normalized spacial score (nSPS) is 19.7. The highest BCUT2D eigenvalue weighted by Crippen LogP contribution is 2.44. The Morgan fingerprint density at radius 3 is 2.32 bits per heavy atom. The summed E-state index contributed by atoms with van der Waals surface area (Å²) in [5.74, 6) is -0.406. The van der Waals surface area contributed by atoms with Crippen LogP contribution in [0, 0.1) is 0 Å². The maximum Gasteiger partial charge on any atom is 0.407 e. The van der Waals surface area contributed by atoms with Crippen molar-refractivity contribution in [2.45, 2.75) is 36.8 Å². The molecular weight excluding hydrogens is 456 g/mol. The number of carboxylic acid groups (broad SMARTS) is 1. The minimum Gasteiger partial charge on any atom is -0.481 e. The van der Waals surface area contributed by atoms with Gasteiger partial charge in [-0.15, -0.1) is 0 Å². The topological polar surface area (TPSA) is 125 Å². The van der Waals surface area contributed by atoms with Crippen LogP contribution >= 0.6 is 11.8 Å².